The van der Waals surface area contributed by atoms with E-state index in [1.165, 1.54) is 4.90 Å². The Morgan fingerprint density at radius 2 is 1.73 bits per heavy atom. The van der Waals surface area contributed by atoms with Crippen molar-refractivity contribution >= 4 is 39.6 Å². The molecule has 11 heteroatoms. The molecule has 2 aromatic rings. The van der Waals surface area contributed by atoms with Gasteiger partial charge in [0.05, 0.1) is 30.5 Å². The van der Waals surface area contributed by atoms with Gasteiger partial charge >= 0.3 is 5.97 Å². The summed E-state index contributed by atoms with van der Waals surface area (Å²) >= 11 is 3.62. The second-order valence-electron chi connectivity index (χ2n) is 12.8. The number of cyclic esters (lactones) is 1. The molecule has 6 rings (SSSR count). The highest BCUT2D eigenvalue weighted by molar-refractivity contribution is 9.11. The van der Waals surface area contributed by atoms with E-state index in [0.29, 0.717) is 23.0 Å². The molecule has 48 heavy (non-hydrogen) atoms. The van der Waals surface area contributed by atoms with Gasteiger partial charge in [-0.15, -0.1) is 0 Å². The number of amides is 3. The van der Waals surface area contributed by atoms with Crippen LogP contribution in [-0.4, -0.2) is 82.6 Å². The van der Waals surface area contributed by atoms with Crippen molar-refractivity contribution < 1.29 is 33.8 Å². The summed E-state index contributed by atoms with van der Waals surface area (Å²) in [5.41, 5.74) is -0.0341. The zero-order valence-corrected chi connectivity index (χ0v) is 28.6. The third kappa shape index (κ3) is 6.35. The number of aliphatic hydroxyl groups is 1. The molecule has 2 fully saturated rings. The van der Waals surface area contributed by atoms with Gasteiger partial charge in [0.1, 0.15) is 24.4 Å². The summed E-state index contributed by atoms with van der Waals surface area (Å²) in [6.07, 6.45) is 7.92. The van der Waals surface area contributed by atoms with Gasteiger partial charge in [-0.1, -0.05) is 109 Å². The van der Waals surface area contributed by atoms with Crippen molar-refractivity contribution in [2.75, 3.05) is 26.3 Å². The van der Waals surface area contributed by atoms with Crippen molar-refractivity contribution in [3.05, 3.63) is 94.5 Å². The molecule has 0 aliphatic carbocycles. The highest BCUT2D eigenvalue weighted by Crippen LogP contribution is 2.60. The molecule has 4 aliphatic rings. The van der Waals surface area contributed by atoms with E-state index in [9.17, 15) is 24.3 Å². The van der Waals surface area contributed by atoms with Gasteiger partial charge in [0, 0.05) is 24.0 Å². The Morgan fingerprint density at radius 3 is 2.44 bits per heavy atom. The standard InChI is InChI=1S/C37H42BrN3O7/c1-2-3-12-19-40-20-13-6-11-18-29(43)47-23-27(24-14-7-4-8-15-24)39-34(44)30-31-35(45)41(28(22-42)25-16-9-5-10-17-25)33(36(40)46)37(31)21-26(38)32(30)48-37/h4-10,13-17,21,27-28,30-33,42H,2-3,11-12,18-20,22-23H2,1H3,(H,39,44)/b13-6-/t27-,28+,30-,31+,32-,33-,37+/m0/s1. The minimum absolute atomic E-state index is 0.0870. The summed E-state index contributed by atoms with van der Waals surface area (Å²) < 4.78 is 12.9. The molecule has 254 valence electrons. The van der Waals surface area contributed by atoms with Crippen LogP contribution >= 0.6 is 15.9 Å². The number of rotatable bonds is 8. The second-order valence-corrected chi connectivity index (χ2v) is 13.8. The van der Waals surface area contributed by atoms with Gasteiger partial charge in [0.25, 0.3) is 0 Å². The Labute approximate surface area is 289 Å². The molecule has 2 aromatic carbocycles. The highest BCUT2D eigenvalue weighted by Gasteiger charge is 2.75. The number of allylic oxidation sites excluding steroid dienone is 1. The summed E-state index contributed by atoms with van der Waals surface area (Å²) in [6, 6.07) is 15.7. The number of hydrogen-bond acceptors (Lipinski definition) is 7. The van der Waals surface area contributed by atoms with Gasteiger partial charge in [-0.05, 0) is 30.0 Å². The van der Waals surface area contributed by atoms with Gasteiger partial charge in [0.15, 0.2) is 0 Å². The maximum atomic E-state index is 14.9. The number of nitrogens with zero attached hydrogens (tertiary/aromatic N) is 2. The van der Waals surface area contributed by atoms with Crippen molar-refractivity contribution in [1.29, 1.82) is 0 Å². The smallest absolute Gasteiger partial charge is 0.306 e. The van der Waals surface area contributed by atoms with Crippen LogP contribution in [0.3, 0.4) is 0 Å². The molecule has 4 aliphatic heterocycles. The number of benzene rings is 2. The number of likely N-dealkylation sites (tertiary alicyclic amines) is 1. The number of hydrogen-bond donors (Lipinski definition) is 2. The Kier molecular flexibility index (Phi) is 10.5. The lowest BCUT2D eigenvalue weighted by molar-refractivity contribution is -0.150. The number of nitrogens with one attached hydrogen (secondary N) is 1. The summed E-state index contributed by atoms with van der Waals surface area (Å²) in [5, 5.41) is 13.9. The fourth-order valence-electron chi connectivity index (χ4n) is 7.56. The van der Waals surface area contributed by atoms with Crippen LogP contribution < -0.4 is 5.32 Å². The van der Waals surface area contributed by atoms with E-state index in [2.05, 4.69) is 28.2 Å². The molecule has 5 bridgehead atoms. The van der Waals surface area contributed by atoms with Crippen LogP contribution in [0.2, 0.25) is 0 Å². The Bertz CT molecular complexity index is 1570. The van der Waals surface area contributed by atoms with E-state index >= 15 is 0 Å². The predicted molar refractivity (Wildman–Crippen MR) is 181 cm³/mol. The normalized spacial score (nSPS) is 30.5. The van der Waals surface area contributed by atoms with Crippen molar-refractivity contribution in [3.63, 3.8) is 0 Å². The number of fused-ring (bicyclic) bond motifs is 2. The topological polar surface area (TPSA) is 125 Å². The zero-order valence-electron chi connectivity index (χ0n) is 27.0. The quantitative estimate of drug-likeness (QED) is 0.236. The molecule has 10 nitrogen and oxygen atoms in total. The Hall–Kier alpha value is -3.80. The van der Waals surface area contributed by atoms with Gasteiger partial charge in [0.2, 0.25) is 17.7 Å². The first-order chi connectivity index (χ1) is 23.3. The average molecular weight is 721 g/mol. The average Bonchev–Trinajstić information content (AvgIpc) is 3.69. The van der Waals surface area contributed by atoms with Crippen LogP contribution in [0, 0.1) is 11.8 Å². The number of ether oxygens (including phenoxy) is 2. The molecular formula is C37H42BrN3O7. The van der Waals surface area contributed by atoms with Crippen LogP contribution in [-0.2, 0) is 28.7 Å². The van der Waals surface area contributed by atoms with E-state index in [4.69, 9.17) is 9.47 Å². The van der Waals surface area contributed by atoms with E-state index in [0.717, 1.165) is 24.8 Å². The van der Waals surface area contributed by atoms with Crippen LogP contribution in [0.4, 0.5) is 0 Å². The zero-order chi connectivity index (χ0) is 33.8. The summed E-state index contributed by atoms with van der Waals surface area (Å²) in [7, 11) is 0. The Balaban J connectivity index is 1.46. The van der Waals surface area contributed by atoms with Crippen molar-refractivity contribution in [3.8, 4) is 0 Å². The molecule has 0 saturated carbocycles. The fraction of sp³-hybridized carbons (Fsp3) is 0.459. The molecule has 0 aromatic heterocycles. The number of carbonyl (C=O) groups excluding carboxylic acids is 4. The number of esters is 1. The fourth-order valence-corrected chi connectivity index (χ4v) is 8.30. The summed E-state index contributed by atoms with van der Waals surface area (Å²) in [6.45, 7) is 2.29. The highest BCUT2D eigenvalue weighted by atomic mass is 79.9. The molecule has 0 radical (unpaired) electrons. The van der Waals surface area contributed by atoms with Crippen LogP contribution in [0.25, 0.3) is 0 Å². The SMILES string of the molecule is CCCCCN1C/C=C\CCC(=O)OC[C@@H](c2ccccc2)NC(=O)[C@@H]2[C@H]3O[C@@]4(C=C3Br)[C@H](C1=O)N([C@H](CO)c1ccccc1)C(=O)[C@@H]24. The van der Waals surface area contributed by atoms with Crippen molar-refractivity contribution in [2.24, 2.45) is 11.8 Å². The first-order valence-electron chi connectivity index (χ1n) is 16.8. The first kappa shape index (κ1) is 34.1. The second kappa shape index (κ2) is 14.8. The van der Waals surface area contributed by atoms with E-state index in [-0.39, 0.29) is 25.5 Å². The lowest BCUT2D eigenvalue weighted by Gasteiger charge is -2.39. The van der Waals surface area contributed by atoms with Crippen LogP contribution in [0.15, 0.2) is 83.4 Å². The Morgan fingerprint density at radius 1 is 1.00 bits per heavy atom. The number of unbranched alkanes of at least 4 members (excludes halogenated alkanes) is 2. The molecular weight excluding hydrogens is 678 g/mol. The van der Waals surface area contributed by atoms with E-state index in [1.807, 2.05) is 72.8 Å². The van der Waals surface area contributed by atoms with E-state index in [1.54, 1.807) is 11.0 Å². The lowest BCUT2D eigenvalue weighted by atomic mass is 9.74. The molecule has 4 heterocycles. The summed E-state index contributed by atoms with van der Waals surface area (Å²) in [4.78, 5) is 60.0. The van der Waals surface area contributed by atoms with Crippen LogP contribution in [0.1, 0.15) is 62.2 Å². The molecule has 2 saturated heterocycles. The van der Waals surface area contributed by atoms with Crippen molar-refractivity contribution in [1.82, 2.24) is 15.1 Å². The predicted octanol–water partition coefficient (Wildman–Crippen LogP) is 4.36. The largest absolute Gasteiger partial charge is 0.463 e. The number of aliphatic hydroxyl groups excluding tert-OH is 1. The molecule has 0 unspecified atom stereocenters. The molecule has 7 atom stereocenters. The number of halogens is 1. The minimum atomic E-state index is -1.45. The minimum Gasteiger partial charge on any atom is -0.463 e. The number of carbonyl (C=O) groups is 4. The lowest BCUT2D eigenvalue weighted by Crippen LogP contribution is -2.57. The maximum Gasteiger partial charge on any atom is 0.306 e. The summed E-state index contributed by atoms with van der Waals surface area (Å²) in [5.74, 6) is -3.61. The van der Waals surface area contributed by atoms with Gasteiger partial charge in [-0.2, -0.15) is 0 Å². The maximum absolute atomic E-state index is 14.9. The van der Waals surface area contributed by atoms with Gasteiger partial charge in [-0.3, -0.25) is 19.2 Å². The third-order valence-electron chi connectivity index (χ3n) is 9.87. The third-order valence-corrected chi connectivity index (χ3v) is 10.6. The van der Waals surface area contributed by atoms with E-state index < -0.39 is 66.1 Å². The van der Waals surface area contributed by atoms with Crippen LogP contribution in [0.5, 0.6) is 0 Å². The molecule has 1 spiro atoms. The molecule has 3 amide bonds. The van der Waals surface area contributed by atoms with Gasteiger partial charge < -0.3 is 29.7 Å². The monoisotopic (exact) mass is 719 g/mol. The molecule has 2 N–H and O–H groups in total. The van der Waals surface area contributed by atoms with Gasteiger partial charge in [-0.25, -0.2) is 0 Å². The van der Waals surface area contributed by atoms with Crippen molar-refractivity contribution in [2.45, 2.75) is 68.9 Å². The first-order valence-corrected chi connectivity index (χ1v) is 17.6.